The zero-order valence-corrected chi connectivity index (χ0v) is 24.4. The van der Waals surface area contributed by atoms with Crippen LogP contribution in [0.5, 0.6) is 0 Å². The van der Waals surface area contributed by atoms with Crippen LogP contribution in [0.1, 0.15) is 5.56 Å². The van der Waals surface area contributed by atoms with Crippen LogP contribution in [-0.4, -0.2) is 64.5 Å². The van der Waals surface area contributed by atoms with Gasteiger partial charge < -0.3 is 9.47 Å². The summed E-state index contributed by atoms with van der Waals surface area (Å²) < 4.78 is 30.4. The first-order valence-electron chi connectivity index (χ1n) is 12.9. The van der Waals surface area contributed by atoms with Crippen LogP contribution < -0.4 is 10.3 Å². The fourth-order valence-electron chi connectivity index (χ4n) is 4.46. The summed E-state index contributed by atoms with van der Waals surface area (Å²) in [5.41, 5.74) is 3.52. The number of piperazine rings is 1. The summed E-state index contributed by atoms with van der Waals surface area (Å²) in [6.07, 6.45) is 4.63. The third-order valence-electron chi connectivity index (χ3n) is 6.71. The van der Waals surface area contributed by atoms with Crippen molar-refractivity contribution >= 4 is 50.7 Å². The number of aryl methyl sites for hydroxylation is 1. The highest BCUT2D eigenvalue weighted by atomic mass is 32.2. The van der Waals surface area contributed by atoms with E-state index in [4.69, 9.17) is 0 Å². The fraction of sp³-hybridized carbons (Fsp3) is 0.185. The van der Waals surface area contributed by atoms with Crippen LogP contribution in [0, 0.1) is 20.2 Å². The third-order valence-corrected chi connectivity index (χ3v) is 9.79. The minimum absolute atomic E-state index is 0.0313. The molecule has 0 saturated carbocycles. The quantitative estimate of drug-likeness (QED) is 0.152. The molecule has 3 aromatic carbocycles. The molecule has 1 N–H and O–H groups in total. The number of sulfonamides is 1. The van der Waals surface area contributed by atoms with E-state index in [2.05, 4.69) is 20.4 Å². The maximum absolute atomic E-state index is 13.7. The number of hydrogen-bond donors (Lipinski definition) is 1. The van der Waals surface area contributed by atoms with Crippen LogP contribution in [0.4, 0.5) is 22.7 Å². The molecule has 2 heterocycles. The van der Waals surface area contributed by atoms with Crippen LogP contribution in [-0.2, 0) is 17.1 Å². The molecule has 0 bridgehead atoms. The van der Waals surface area contributed by atoms with Crippen molar-refractivity contribution in [3.8, 4) is 0 Å². The Bertz CT molecular complexity index is 1790. The topological polar surface area (TPSA) is 169 Å². The monoisotopic (exact) mass is 622 g/mol. The average molecular weight is 623 g/mol. The van der Waals surface area contributed by atoms with E-state index in [1.807, 2.05) is 30.3 Å². The van der Waals surface area contributed by atoms with E-state index in [-0.39, 0.29) is 35.0 Å². The second-order valence-corrected chi connectivity index (χ2v) is 12.4. The van der Waals surface area contributed by atoms with E-state index in [9.17, 15) is 28.6 Å². The van der Waals surface area contributed by atoms with Gasteiger partial charge >= 0.3 is 0 Å². The molecule has 222 valence electrons. The molecule has 16 heteroatoms. The van der Waals surface area contributed by atoms with Crippen LogP contribution in [0.25, 0.3) is 0 Å². The van der Waals surface area contributed by atoms with Crippen molar-refractivity contribution in [2.45, 2.75) is 14.9 Å². The lowest BCUT2D eigenvalue weighted by molar-refractivity contribution is -0.387. The summed E-state index contributed by atoms with van der Waals surface area (Å²) in [5.74, 6) is 0. The summed E-state index contributed by atoms with van der Waals surface area (Å²) in [6.45, 7) is 1.28. The number of nitrogens with one attached hydrogen (secondary N) is 1. The van der Waals surface area contributed by atoms with Crippen molar-refractivity contribution in [3.63, 3.8) is 0 Å². The summed E-state index contributed by atoms with van der Waals surface area (Å²) in [5, 5.41) is 27.9. The molecule has 0 aliphatic carbocycles. The summed E-state index contributed by atoms with van der Waals surface area (Å²) in [7, 11) is -2.35. The van der Waals surface area contributed by atoms with Gasteiger partial charge in [0.25, 0.3) is 11.4 Å². The number of aromatic nitrogens is 2. The normalized spacial score (nSPS) is 14.2. The fourth-order valence-corrected chi connectivity index (χ4v) is 6.94. The Morgan fingerprint density at radius 1 is 0.977 bits per heavy atom. The van der Waals surface area contributed by atoms with Crippen molar-refractivity contribution in [2.75, 3.05) is 36.5 Å². The molecule has 5 rings (SSSR count). The second-order valence-electron chi connectivity index (χ2n) is 9.44. The van der Waals surface area contributed by atoms with Gasteiger partial charge in [0, 0.05) is 75.1 Å². The number of non-ortho nitro benzene ring substituents is 1. The number of hydrogen-bond acceptors (Lipinski definition) is 11. The van der Waals surface area contributed by atoms with Crippen molar-refractivity contribution in [2.24, 2.45) is 12.1 Å². The van der Waals surface area contributed by atoms with E-state index >= 15 is 0 Å². The largest absolute Gasteiger partial charge is 0.369 e. The zero-order chi connectivity index (χ0) is 30.6. The number of hydrazone groups is 1. The number of nitro groups is 2. The Balaban J connectivity index is 1.36. The average Bonchev–Trinajstić information content (AvgIpc) is 3.42. The molecule has 0 unspecified atom stereocenters. The number of imidazole rings is 1. The first-order chi connectivity index (χ1) is 20.6. The Hall–Kier alpha value is -4.80. The van der Waals surface area contributed by atoms with Gasteiger partial charge in [-0.1, -0.05) is 24.3 Å². The van der Waals surface area contributed by atoms with E-state index in [1.165, 1.54) is 28.7 Å². The van der Waals surface area contributed by atoms with Crippen LogP contribution in [0.15, 0.2) is 99.2 Å². The van der Waals surface area contributed by atoms with Gasteiger partial charge in [0.05, 0.1) is 26.6 Å². The van der Waals surface area contributed by atoms with Gasteiger partial charge in [0.2, 0.25) is 10.0 Å². The Morgan fingerprint density at radius 3 is 2.37 bits per heavy atom. The highest BCUT2D eigenvalue weighted by molar-refractivity contribution is 7.99. The number of rotatable bonds is 10. The van der Waals surface area contributed by atoms with Crippen molar-refractivity contribution in [1.29, 1.82) is 0 Å². The second kappa shape index (κ2) is 12.6. The summed E-state index contributed by atoms with van der Waals surface area (Å²) >= 11 is 1.15. The molecular formula is C27H26N8O6S2. The molecule has 1 fully saturated rings. The minimum atomic E-state index is -4.14. The SMILES string of the molecule is Cn1ccnc1Sc1ccc(/C=N\Nc2ccc([N+](=O)[O-])cc2S(=O)(=O)N2CCN(c3ccccc3)CC2)cc1[N+](=O)[O-]. The molecule has 0 spiro atoms. The maximum Gasteiger partial charge on any atom is 0.283 e. The lowest BCUT2D eigenvalue weighted by Gasteiger charge is -2.35. The first-order valence-corrected chi connectivity index (χ1v) is 15.2. The predicted molar refractivity (Wildman–Crippen MR) is 162 cm³/mol. The lowest BCUT2D eigenvalue weighted by Crippen LogP contribution is -2.48. The molecule has 1 aliphatic heterocycles. The van der Waals surface area contributed by atoms with Gasteiger partial charge in [-0.2, -0.15) is 9.41 Å². The van der Waals surface area contributed by atoms with E-state index < -0.39 is 19.9 Å². The van der Waals surface area contributed by atoms with Crippen molar-refractivity contribution in [3.05, 3.63) is 105 Å². The van der Waals surface area contributed by atoms with E-state index in [0.29, 0.717) is 28.7 Å². The smallest absolute Gasteiger partial charge is 0.283 e. The molecule has 1 saturated heterocycles. The third kappa shape index (κ3) is 6.66. The highest BCUT2D eigenvalue weighted by Crippen LogP contribution is 2.34. The molecule has 4 aromatic rings. The molecule has 14 nitrogen and oxygen atoms in total. The Kier molecular flexibility index (Phi) is 8.70. The molecule has 0 amide bonds. The Labute approximate surface area is 251 Å². The lowest BCUT2D eigenvalue weighted by atomic mass is 10.2. The highest BCUT2D eigenvalue weighted by Gasteiger charge is 2.32. The van der Waals surface area contributed by atoms with Crippen LogP contribution in [0.3, 0.4) is 0 Å². The van der Waals surface area contributed by atoms with Gasteiger partial charge in [-0.15, -0.1) is 0 Å². The first kappa shape index (κ1) is 29.7. The summed E-state index contributed by atoms with van der Waals surface area (Å²) in [6, 6.07) is 17.6. The molecular weight excluding hydrogens is 596 g/mol. The van der Waals surface area contributed by atoms with E-state index in [1.54, 1.807) is 36.1 Å². The molecule has 43 heavy (non-hydrogen) atoms. The number of para-hydroxylation sites is 1. The van der Waals surface area contributed by atoms with Crippen LogP contribution >= 0.6 is 11.8 Å². The molecule has 0 atom stereocenters. The molecule has 1 aliphatic rings. The van der Waals surface area contributed by atoms with Gasteiger partial charge in [0.1, 0.15) is 4.90 Å². The molecule has 0 radical (unpaired) electrons. The van der Waals surface area contributed by atoms with Gasteiger partial charge in [-0.3, -0.25) is 25.7 Å². The number of nitrogens with zero attached hydrogens (tertiary/aromatic N) is 7. The van der Waals surface area contributed by atoms with Crippen LogP contribution in [0.2, 0.25) is 0 Å². The van der Waals surface area contributed by atoms with Gasteiger partial charge in [-0.05, 0) is 36.0 Å². The van der Waals surface area contributed by atoms with Crippen molar-refractivity contribution in [1.82, 2.24) is 13.9 Å². The van der Waals surface area contributed by atoms with E-state index in [0.717, 1.165) is 23.5 Å². The van der Waals surface area contributed by atoms with Crippen molar-refractivity contribution < 1.29 is 18.3 Å². The standard InChI is InChI=1S/C27H26N8O6S2/c1-31-12-11-28-27(31)42-25-10-7-20(17-24(25)35(38)39)19-29-30-23-9-8-22(34(36)37)18-26(23)43(40,41)33-15-13-32(14-16-33)21-5-3-2-4-6-21/h2-12,17-19,30H,13-16H2,1H3/b29-19-. The maximum atomic E-state index is 13.7. The summed E-state index contributed by atoms with van der Waals surface area (Å²) in [4.78, 5) is 28.4. The predicted octanol–water partition coefficient (Wildman–Crippen LogP) is 4.34. The van der Waals surface area contributed by atoms with Gasteiger partial charge in [-0.25, -0.2) is 13.4 Å². The Morgan fingerprint density at radius 2 is 1.72 bits per heavy atom. The number of benzene rings is 3. The molecule has 1 aromatic heterocycles. The zero-order valence-electron chi connectivity index (χ0n) is 22.8. The number of nitro benzene ring substituents is 2. The number of anilines is 2. The van der Waals surface area contributed by atoms with Gasteiger partial charge in [0.15, 0.2) is 5.16 Å². The minimum Gasteiger partial charge on any atom is -0.369 e.